The minimum Gasteiger partial charge on any atom is -0.460 e. The Morgan fingerprint density at radius 3 is 2.87 bits per heavy atom. The van der Waals surface area contributed by atoms with Gasteiger partial charge >= 0.3 is 5.97 Å². The lowest BCUT2D eigenvalue weighted by atomic mass is 10.2. The first kappa shape index (κ1) is 11.7. The molecule has 0 aliphatic heterocycles. The molecule has 0 aliphatic carbocycles. The zero-order valence-electron chi connectivity index (χ0n) is 8.63. The van der Waals surface area contributed by atoms with E-state index >= 15 is 0 Å². The number of ether oxygens (including phenoxy) is 1. The van der Waals surface area contributed by atoms with Gasteiger partial charge in [0, 0.05) is 5.56 Å². The summed E-state index contributed by atoms with van der Waals surface area (Å²) in [4.78, 5) is 11.1. The molecule has 1 aromatic rings. The van der Waals surface area contributed by atoms with E-state index in [-0.39, 0.29) is 24.9 Å². The smallest absolute Gasteiger partial charge is 0.320 e. The Morgan fingerprint density at radius 1 is 1.47 bits per heavy atom. The fourth-order valence-corrected chi connectivity index (χ4v) is 1.05. The van der Waals surface area contributed by atoms with Crippen LogP contribution in [0, 0.1) is 5.82 Å². The van der Waals surface area contributed by atoms with Crippen molar-refractivity contribution in [2.45, 2.75) is 13.5 Å². The van der Waals surface area contributed by atoms with E-state index in [0.29, 0.717) is 12.1 Å². The summed E-state index contributed by atoms with van der Waals surface area (Å²) in [5.41, 5.74) is 0.391. The first-order chi connectivity index (χ1) is 7.24. The number of benzene rings is 1. The summed E-state index contributed by atoms with van der Waals surface area (Å²) in [6.45, 7) is 2.74. The molecule has 0 radical (unpaired) electrons. The maximum absolute atomic E-state index is 13.1. The van der Waals surface area contributed by atoms with Crippen LogP contribution in [0.5, 0.6) is 0 Å². The van der Waals surface area contributed by atoms with Crippen LogP contribution in [0.15, 0.2) is 24.3 Å². The average molecular weight is 211 g/mol. The summed E-state index contributed by atoms with van der Waals surface area (Å²) in [5, 5.41) is 2.83. The first-order valence-corrected chi connectivity index (χ1v) is 4.83. The molecule has 1 N–H and O–H groups in total. The summed E-state index contributed by atoms with van der Waals surface area (Å²) in [7, 11) is 0. The van der Waals surface area contributed by atoms with E-state index in [0.717, 1.165) is 0 Å². The molecule has 0 spiro atoms. The topological polar surface area (TPSA) is 38.3 Å². The lowest BCUT2D eigenvalue weighted by Crippen LogP contribution is -2.24. The molecule has 0 saturated carbocycles. The van der Waals surface area contributed by atoms with Gasteiger partial charge in [0.25, 0.3) is 0 Å². The molecular weight excluding hydrogens is 197 g/mol. The van der Waals surface area contributed by atoms with Gasteiger partial charge in [0.2, 0.25) is 0 Å². The number of carbonyl (C=O) groups is 1. The third-order valence-corrected chi connectivity index (χ3v) is 1.87. The maximum Gasteiger partial charge on any atom is 0.320 e. The number of hydrogen-bond acceptors (Lipinski definition) is 3. The highest BCUT2D eigenvalue weighted by molar-refractivity contribution is 5.71. The summed E-state index contributed by atoms with van der Waals surface area (Å²) in [6, 6.07) is 6.24. The summed E-state index contributed by atoms with van der Waals surface area (Å²) >= 11 is 0. The van der Waals surface area contributed by atoms with Gasteiger partial charge in [-0.05, 0) is 12.6 Å². The Labute approximate surface area is 88.2 Å². The van der Waals surface area contributed by atoms with Crippen LogP contribution in [-0.4, -0.2) is 19.1 Å². The van der Waals surface area contributed by atoms with Crippen LogP contribution in [0.4, 0.5) is 4.39 Å². The average Bonchev–Trinajstić information content (AvgIpc) is 2.25. The molecule has 0 atom stereocenters. The van der Waals surface area contributed by atoms with Gasteiger partial charge in [-0.15, -0.1) is 0 Å². The largest absolute Gasteiger partial charge is 0.460 e. The highest BCUT2D eigenvalue weighted by atomic mass is 19.1. The molecule has 0 heterocycles. The van der Waals surface area contributed by atoms with E-state index in [9.17, 15) is 9.18 Å². The number of carbonyl (C=O) groups excluding carboxylic acids is 1. The molecule has 0 aliphatic rings. The van der Waals surface area contributed by atoms with Crippen molar-refractivity contribution >= 4 is 5.97 Å². The zero-order chi connectivity index (χ0) is 11.1. The second kappa shape index (κ2) is 6.14. The van der Waals surface area contributed by atoms with Crippen LogP contribution < -0.4 is 5.32 Å². The van der Waals surface area contributed by atoms with Gasteiger partial charge in [-0.3, -0.25) is 4.79 Å². The van der Waals surface area contributed by atoms with Crippen LogP contribution >= 0.6 is 0 Å². The normalized spacial score (nSPS) is 10.0. The molecule has 0 fully saturated rings. The van der Waals surface area contributed by atoms with Crippen LogP contribution in [0.1, 0.15) is 12.5 Å². The SMILES string of the molecule is CCNCC(=O)OCc1ccccc1F. The number of halogens is 1. The van der Waals surface area contributed by atoms with E-state index in [1.807, 2.05) is 6.92 Å². The second-order valence-electron chi connectivity index (χ2n) is 3.03. The van der Waals surface area contributed by atoms with Gasteiger partial charge in [0.15, 0.2) is 0 Å². The molecule has 0 unspecified atom stereocenters. The Morgan fingerprint density at radius 2 is 2.20 bits per heavy atom. The molecule has 1 rings (SSSR count). The predicted octanol–water partition coefficient (Wildman–Crippen LogP) is 1.48. The van der Waals surface area contributed by atoms with E-state index in [1.54, 1.807) is 18.2 Å². The Bertz CT molecular complexity index is 328. The molecule has 15 heavy (non-hydrogen) atoms. The number of nitrogens with one attached hydrogen (secondary N) is 1. The Balaban J connectivity index is 2.37. The van der Waals surface area contributed by atoms with Crippen molar-refractivity contribution in [1.29, 1.82) is 0 Å². The Kier molecular flexibility index (Phi) is 4.77. The van der Waals surface area contributed by atoms with Crippen molar-refractivity contribution in [2.24, 2.45) is 0 Å². The van der Waals surface area contributed by atoms with Crippen LogP contribution in [-0.2, 0) is 16.1 Å². The second-order valence-corrected chi connectivity index (χ2v) is 3.03. The van der Waals surface area contributed by atoms with Crippen molar-refractivity contribution < 1.29 is 13.9 Å². The van der Waals surface area contributed by atoms with Gasteiger partial charge < -0.3 is 10.1 Å². The van der Waals surface area contributed by atoms with E-state index in [4.69, 9.17) is 4.74 Å². The molecule has 0 amide bonds. The first-order valence-electron chi connectivity index (χ1n) is 4.83. The minimum absolute atomic E-state index is 0.0170. The number of hydrogen-bond donors (Lipinski definition) is 1. The highest BCUT2D eigenvalue weighted by Crippen LogP contribution is 2.07. The number of rotatable bonds is 5. The highest BCUT2D eigenvalue weighted by Gasteiger charge is 2.04. The van der Waals surface area contributed by atoms with Crippen LogP contribution in [0.2, 0.25) is 0 Å². The third-order valence-electron chi connectivity index (χ3n) is 1.87. The molecule has 82 valence electrons. The predicted molar refractivity (Wildman–Crippen MR) is 54.7 cm³/mol. The molecule has 0 saturated heterocycles. The van der Waals surface area contributed by atoms with Gasteiger partial charge in [-0.2, -0.15) is 0 Å². The van der Waals surface area contributed by atoms with Crippen molar-refractivity contribution in [3.05, 3.63) is 35.6 Å². The maximum atomic E-state index is 13.1. The van der Waals surface area contributed by atoms with Crippen molar-refractivity contribution in [2.75, 3.05) is 13.1 Å². The molecule has 1 aromatic carbocycles. The van der Waals surface area contributed by atoms with Gasteiger partial charge in [-0.25, -0.2) is 4.39 Å². The molecule has 0 aromatic heterocycles. The van der Waals surface area contributed by atoms with Gasteiger partial charge in [0.1, 0.15) is 12.4 Å². The minimum atomic E-state index is -0.375. The van der Waals surface area contributed by atoms with Gasteiger partial charge in [0.05, 0.1) is 6.54 Å². The monoisotopic (exact) mass is 211 g/mol. The standard InChI is InChI=1S/C11H14FNO2/c1-2-13-7-11(14)15-8-9-5-3-4-6-10(9)12/h3-6,13H,2,7-8H2,1H3. The Hall–Kier alpha value is -1.42. The molecule has 4 heteroatoms. The number of esters is 1. The molecule has 0 bridgehead atoms. The molecule has 3 nitrogen and oxygen atoms in total. The fraction of sp³-hybridized carbons (Fsp3) is 0.364. The van der Waals surface area contributed by atoms with Crippen LogP contribution in [0.25, 0.3) is 0 Å². The lowest BCUT2D eigenvalue weighted by Gasteiger charge is -2.05. The number of likely N-dealkylation sites (N-methyl/N-ethyl adjacent to an activating group) is 1. The van der Waals surface area contributed by atoms with Crippen LogP contribution in [0.3, 0.4) is 0 Å². The fourth-order valence-electron chi connectivity index (χ4n) is 1.05. The summed E-state index contributed by atoms with van der Waals surface area (Å²) in [6.07, 6.45) is 0. The molecular formula is C11H14FNO2. The third kappa shape index (κ3) is 4.08. The van der Waals surface area contributed by atoms with Crippen molar-refractivity contribution in [1.82, 2.24) is 5.32 Å². The summed E-state index contributed by atoms with van der Waals surface area (Å²) in [5.74, 6) is -0.728. The van der Waals surface area contributed by atoms with Crippen molar-refractivity contribution in [3.63, 3.8) is 0 Å². The van der Waals surface area contributed by atoms with Gasteiger partial charge in [-0.1, -0.05) is 25.1 Å². The lowest BCUT2D eigenvalue weighted by molar-refractivity contribution is -0.143. The van der Waals surface area contributed by atoms with E-state index < -0.39 is 0 Å². The quantitative estimate of drug-likeness (QED) is 0.750. The van der Waals surface area contributed by atoms with E-state index in [1.165, 1.54) is 6.07 Å². The summed E-state index contributed by atoms with van der Waals surface area (Å²) < 4.78 is 18.0. The zero-order valence-corrected chi connectivity index (χ0v) is 8.63. The van der Waals surface area contributed by atoms with E-state index in [2.05, 4.69) is 5.32 Å². The van der Waals surface area contributed by atoms with Crippen molar-refractivity contribution in [3.8, 4) is 0 Å².